The fourth-order valence-corrected chi connectivity index (χ4v) is 4.45. The summed E-state index contributed by atoms with van der Waals surface area (Å²) in [7, 11) is 0. The second-order valence-electron chi connectivity index (χ2n) is 4.14. The van der Waals surface area contributed by atoms with Gasteiger partial charge < -0.3 is 4.74 Å². The summed E-state index contributed by atoms with van der Waals surface area (Å²) in [5.74, 6) is 0.852. The van der Waals surface area contributed by atoms with Crippen molar-refractivity contribution in [2.45, 2.75) is 11.8 Å². The van der Waals surface area contributed by atoms with E-state index in [0.717, 1.165) is 30.8 Å². The van der Waals surface area contributed by atoms with E-state index in [2.05, 4.69) is 47.8 Å². The Morgan fingerprint density at radius 1 is 1.10 bits per heavy atom. The lowest BCUT2D eigenvalue weighted by molar-refractivity contribution is 0.340. The van der Waals surface area contributed by atoms with Crippen LogP contribution in [0.2, 0.25) is 5.02 Å². The Labute approximate surface area is 149 Å². The highest BCUT2D eigenvalue weighted by Crippen LogP contribution is 2.40. The molecule has 5 heteroatoms. The molecule has 0 heterocycles. The van der Waals surface area contributed by atoms with Crippen LogP contribution in [-0.4, -0.2) is 6.61 Å². The molecule has 0 N–H and O–H groups in total. The molecule has 2 rings (SSSR count). The van der Waals surface area contributed by atoms with Crippen LogP contribution in [0.25, 0.3) is 0 Å². The Morgan fingerprint density at radius 2 is 1.80 bits per heavy atom. The highest BCUT2D eigenvalue weighted by molar-refractivity contribution is 9.11. The highest BCUT2D eigenvalue weighted by Gasteiger charge is 2.17. The largest absolute Gasteiger partial charge is 0.494 e. The maximum atomic E-state index is 6.31. The summed E-state index contributed by atoms with van der Waals surface area (Å²) in [4.78, 5) is 0.0214. The lowest BCUT2D eigenvalue weighted by atomic mass is 10.0. The van der Waals surface area contributed by atoms with Gasteiger partial charge in [-0.05, 0) is 42.3 Å². The molecule has 0 bridgehead atoms. The van der Waals surface area contributed by atoms with E-state index in [1.807, 2.05) is 43.3 Å². The zero-order chi connectivity index (χ0) is 14.7. The van der Waals surface area contributed by atoms with Crippen molar-refractivity contribution < 1.29 is 4.74 Å². The second kappa shape index (κ2) is 7.30. The first-order chi connectivity index (χ1) is 9.52. The van der Waals surface area contributed by atoms with Crippen molar-refractivity contribution in [3.05, 3.63) is 61.5 Å². The molecule has 2 aromatic rings. The first-order valence-corrected chi connectivity index (χ1v) is 8.92. The van der Waals surface area contributed by atoms with Gasteiger partial charge in [0.05, 0.1) is 11.4 Å². The van der Waals surface area contributed by atoms with E-state index in [-0.39, 0.29) is 4.83 Å². The van der Waals surface area contributed by atoms with E-state index in [0.29, 0.717) is 6.61 Å². The first kappa shape index (κ1) is 16.3. The SMILES string of the molecule is CCOc1ccc(C(Br)c2ccc(Br)cc2Cl)c(Br)c1. The van der Waals surface area contributed by atoms with Crippen molar-refractivity contribution in [2.75, 3.05) is 6.61 Å². The van der Waals surface area contributed by atoms with Crippen LogP contribution in [0.3, 0.4) is 0 Å². The fourth-order valence-electron chi connectivity index (χ4n) is 1.84. The number of hydrogen-bond acceptors (Lipinski definition) is 1. The molecule has 0 spiro atoms. The van der Waals surface area contributed by atoms with Gasteiger partial charge in [-0.2, -0.15) is 0 Å². The van der Waals surface area contributed by atoms with Crippen molar-refractivity contribution in [1.29, 1.82) is 0 Å². The molecular formula is C15H12Br3ClO. The van der Waals surface area contributed by atoms with E-state index in [1.165, 1.54) is 0 Å². The van der Waals surface area contributed by atoms with Gasteiger partial charge in [0.25, 0.3) is 0 Å². The summed E-state index contributed by atoms with van der Waals surface area (Å²) in [6, 6.07) is 11.9. The fraction of sp³-hybridized carbons (Fsp3) is 0.200. The lowest BCUT2D eigenvalue weighted by Crippen LogP contribution is -1.97. The van der Waals surface area contributed by atoms with E-state index in [1.54, 1.807) is 0 Å². The molecule has 0 saturated carbocycles. The van der Waals surface area contributed by atoms with Crippen molar-refractivity contribution in [3.63, 3.8) is 0 Å². The topological polar surface area (TPSA) is 9.23 Å². The van der Waals surface area contributed by atoms with Gasteiger partial charge in [-0.25, -0.2) is 0 Å². The summed E-state index contributed by atoms with van der Waals surface area (Å²) in [5.41, 5.74) is 2.14. The molecule has 0 saturated heterocycles. The average molecular weight is 483 g/mol. The lowest BCUT2D eigenvalue weighted by Gasteiger charge is -2.15. The van der Waals surface area contributed by atoms with E-state index < -0.39 is 0 Å². The van der Waals surface area contributed by atoms with Crippen LogP contribution >= 0.6 is 59.4 Å². The van der Waals surface area contributed by atoms with Crippen molar-refractivity contribution in [2.24, 2.45) is 0 Å². The molecule has 0 aromatic heterocycles. The van der Waals surface area contributed by atoms with Crippen LogP contribution in [0.15, 0.2) is 45.3 Å². The Balaban J connectivity index is 2.35. The Kier molecular flexibility index (Phi) is 5.96. The van der Waals surface area contributed by atoms with Gasteiger partial charge in [0.15, 0.2) is 0 Å². The molecule has 20 heavy (non-hydrogen) atoms. The molecule has 0 amide bonds. The Bertz CT molecular complexity index is 616. The maximum Gasteiger partial charge on any atom is 0.120 e. The standard InChI is InChI=1S/C15H12Br3ClO/c1-2-20-10-4-6-11(13(17)8-10)15(18)12-5-3-9(16)7-14(12)19/h3-8,15H,2H2,1H3. The number of benzene rings is 2. The van der Waals surface area contributed by atoms with Gasteiger partial charge in [-0.3, -0.25) is 0 Å². The van der Waals surface area contributed by atoms with Gasteiger partial charge in [-0.15, -0.1) is 0 Å². The Morgan fingerprint density at radius 3 is 2.40 bits per heavy atom. The van der Waals surface area contributed by atoms with Crippen LogP contribution in [0.4, 0.5) is 0 Å². The van der Waals surface area contributed by atoms with E-state index in [4.69, 9.17) is 16.3 Å². The average Bonchev–Trinajstić information content (AvgIpc) is 2.38. The van der Waals surface area contributed by atoms with Gasteiger partial charge in [0.2, 0.25) is 0 Å². The second-order valence-corrected chi connectivity index (χ2v) is 7.24. The normalized spacial score (nSPS) is 12.2. The first-order valence-electron chi connectivity index (χ1n) is 6.04. The third kappa shape index (κ3) is 3.79. The minimum atomic E-state index is 0.0214. The maximum absolute atomic E-state index is 6.31. The Hall–Kier alpha value is -0.0300. The predicted octanol–water partition coefficient (Wildman–Crippen LogP) is 6.75. The zero-order valence-electron chi connectivity index (χ0n) is 10.7. The monoisotopic (exact) mass is 480 g/mol. The van der Waals surface area contributed by atoms with Crippen LogP contribution in [0.5, 0.6) is 5.75 Å². The number of halogens is 4. The molecular weight excluding hydrogens is 471 g/mol. The van der Waals surface area contributed by atoms with Crippen LogP contribution < -0.4 is 4.74 Å². The highest BCUT2D eigenvalue weighted by atomic mass is 79.9. The molecule has 1 atom stereocenters. The molecule has 0 aliphatic carbocycles. The van der Waals surface area contributed by atoms with Gasteiger partial charge in [0.1, 0.15) is 5.75 Å². The van der Waals surface area contributed by atoms with Gasteiger partial charge >= 0.3 is 0 Å². The van der Waals surface area contributed by atoms with Crippen molar-refractivity contribution in [1.82, 2.24) is 0 Å². The number of hydrogen-bond donors (Lipinski definition) is 0. The molecule has 2 aromatic carbocycles. The summed E-state index contributed by atoms with van der Waals surface area (Å²) in [6.07, 6.45) is 0. The number of rotatable bonds is 4. The van der Waals surface area contributed by atoms with Gasteiger partial charge in [-0.1, -0.05) is 71.5 Å². The predicted molar refractivity (Wildman–Crippen MR) is 95.2 cm³/mol. The summed E-state index contributed by atoms with van der Waals surface area (Å²) >= 11 is 17.0. The quantitative estimate of drug-likeness (QED) is 0.438. The van der Waals surface area contributed by atoms with Crippen LogP contribution in [0.1, 0.15) is 22.9 Å². The van der Waals surface area contributed by atoms with E-state index >= 15 is 0 Å². The molecule has 1 unspecified atom stereocenters. The van der Waals surface area contributed by atoms with Crippen LogP contribution in [0, 0.1) is 0 Å². The summed E-state index contributed by atoms with van der Waals surface area (Å²) in [5, 5.41) is 0.724. The zero-order valence-corrected chi connectivity index (χ0v) is 16.2. The molecule has 1 nitrogen and oxygen atoms in total. The minimum Gasteiger partial charge on any atom is -0.494 e. The van der Waals surface area contributed by atoms with Crippen LogP contribution in [-0.2, 0) is 0 Å². The third-order valence-corrected chi connectivity index (χ3v) is 5.29. The molecule has 106 valence electrons. The van der Waals surface area contributed by atoms with Crippen molar-refractivity contribution >= 4 is 59.4 Å². The van der Waals surface area contributed by atoms with E-state index in [9.17, 15) is 0 Å². The third-order valence-electron chi connectivity index (χ3n) is 2.79. The molecule has 0 aliphatic heterocycles. The molecule has 0 aliphatic rings. The smallest absolute Gasteiger partial charge is 0.120 e. The summed E-state index contributed by atoms with van der Waals surface area (Å²) in [6.45, 7) is 2.62. The summed E-state index contributed by atoms with van der Waals surface area (Å²) < 4.78 is 7.45. The molecule has 0 radical (unpaired) electrons. The van der Waals surface area contributed by atoms with Crippen molar-refractivity contribution in [3.8, 4) is 5.75 Å². The van der Waals surface area contributed by atoms with Gasteiger partial charge in [0, 0.05) is 14.0 Å². The number of alkyl halides is 1. The molecule has 0 fully saturated rings. The number of ether oxygens (including phenoxy) is 1. The minimum absolute atomic E-state index is 0.0214.